The van der Waals surface area contributed by atoms with E-state index in [-0.39, 0.29) is 58.9 Å². The van der Waals surface area contributed by atoms with Gasteiger partial charge in [-0.25, -0.2) is 0 Å². The summed E-state index contributed by atoms with van der Waals surface area (Å²) in [6, 6.07) is 11.3. The molecular weight excluding hydrogens is 727 g/mol. The molecule has 11 nitrogen and oxygen atoms in total. The average Bonchev–Trinajstić information content (AvgIpc) is 3.24. The van der Waals surface area contributed by atoms with Crippen LogP contribution in [0.25, 0.3) is 22.4 Å². The lowest BCUT2D eigenvalue weighted by atomic mass is 9.81. The molecule has 0 amide bonds. The molecule has 0 unspecified atom stereocenters. The van der Waals surface area contributed by atoms with E-state index in [0.717, 1.165) is 69.6 Å². The van der Waals surface area contributed by atoms with E-state index in [1.165, 1.54) is 18.6 Å². The van der Waals surface area contributed by atoms with Crippen LogP contribution in [0.2, 0.25) is 0 Å². The fraction of sp³-hybridized carbons (Fsp3) is 0.609. The van der Waals surface area contributed by atoms with Crippen molar-refractivity contribution in [3.8, 4) is 23.0 Å². The fourth-order valence-corrected chi connectivity index (χ4v) is 9.31. The monoisotopic (exact) mass is 783 g/mol. The first-order valence-corrected chi connectivity index (χ1v) is 21.6. The zero-order valence-electron chi connectivity index (χ0n) is 33.4. The highest BCUT2D eigenvalue weighted by Crippen LogP contribution is 2.38. The van der Waals surface area contributed by atoms with E-state index in [9.17, 15) is 24.0 Å². The summed E-state index contributed by atoms with van der Waals surface area (Å²) in [7, 11) is 0. The summed E-state index contributed by atoms with van der Waals surface area (Å²) in [5.41, 5.74) is -0.0234. The highest BCUT2D eigenvalue weighted by atomic mass is 16.6. The molecule has 1 heterocycles. The lowest BCUT2D eigenvalue weighted by molar-refractivity contribution is -0.159. The van der Waals surface area contributed by atoms with E-state index in [0.29, 0.717) is 62.3 Å². The molecule has 4 aliphatic rings. The fourth-order valence-electron chi connectivity index (χ4n) is 9.31. The highest BCUT2D eigenvalue weighted by molar-refractivity contribution is 5.82. The third kappa shape index (κ3) is 10.1. The molecule has 2 aromatic carbocycles. The van der Waals surface area contributed by atoms with Crippen LogP contribution >= 0.6 is 0 Å². The molecule has 57 heavy (non-hydrogen) atoms. The average molecular weight is 784 g/mol. The number of para-hydroxylation sites is 1. The zero-order valence-corrected chi connectivity index (χ0v) is 33.4. The van der Waals surface area contributed by atoms with Gasteiger partial charge in [0.2, 0.25) is 5.89 Å². The number of rotatable bonds is 11. The number of hydrogen-bond donors (Lipinski definition) is 0. The van der Waals surface area contributed by atoms with Crippen molar-refractivity contribution in [1.82, 2.24) is 4.98 Å². The van der Waals surface area contributed by atoms with E-state index in [1.807, 2.05) is 0 Å². The molecule has 0 N–H and O–H groups in total. The molecule has 11 heteroatoms. The number of carbonyl (C=O) groups excluding carboxylic acids is 4. The van der Waals surface area contributed by atoms with Gasteiger partial charge in [0.1, 0.15) is 29.3 Å². The van der Waals surface area contributed by atoms with Crippen molar-refractivity contribution in [1.29, 1.82) is 0 Å². The molecule has 0 aliphatic heterocycles. The Bertz CT molecular complexity index is 1940. The number of ether oxygens (including phenoxy) is 4. The Morgan fingerprint density at radius 2 is 1.07 bits per heavy atom. The summed E-state index contributed by atoms with van der Waals surface area (Å²) < 4.78 is 29.6. The molecule has 4 fully saturated rings. The third-order valence-corrected chi connectivity index (χ3v) is 13.2. The molecule has 0 bridgehead atoms. The standard InChI is InChI=1S/C46H57NO10/c1-3-28-9-21-34(22-10-28)53-43(49)30-13-15-32(16-14-30)45(51)55-36-25-26-40(38(27-36)42-47-41(48)37-7-5-6-8-39(37)56-42)57-46(52)33-19-17-31(18-20-33)44(50)54-35-23-11-29(4-2)12-24-35/h5-8,25-35H,3-4,9-24H2,1-2H3. The van der Waals surface area contributed by atoms with Crippen molar-refractivity contribution >= 4 is 34.8 Å². The third-order valence-electron chi connectivity index (χ3n) is 13.2. The van der Waals surface area contributed by atoms with E-state index in [1.54, 1.807) is 30.3 Å². The lowest BCUT2D eigenvalue weighted by Gasteiger charge is -2.31. The van der Waals surface area contributed by atoms with Crippen LogP contribution in [0.15, 0.2) is 51.7 Å². The zero-order chi connectivity index (χ0) is 39.9. The van der Waals surface area contributed by atoms with Gasteiger partial charge in [-0.1, -0.05) is 38.8 Å². The van der Waals surface area contributed by atoms with Gasteiger partial charge < -0.3 is 23.4 Å². The summed E-state index contributed by atoms with van der Waals surface area (Å²) in [5.74, 6) is -0.844. The van der Waals surface area contributed by atoms with Crippen molar-refractivity contribution < 1.29 is 42.5 Å². The summed E-state index contributed by atoms with van der Waals surface area (Å²) in [6.07, 6.45) is 14.5. The number of aromatic nitrogens is 1. The predicted molar refractivity (Wildman–Crippen MR) is 212 cm³/mol. The number of benzene rings is 2. The Kier molecular flexibility index (Phi) is 13.4. The number of fused-ring (bicyclic) bond motifs is 1. The Morgan fingerprint density at radius 1 is 0.596 bits per heavy atom. The SMILES string of the molecule is CCC1CCC(OC(=O)C2CCC(C(=O)Oc3ccc(OC(=O)C4CCC(C(=O)OC5CCC(CC)CC5)CC4)c(-c4nc(=O)c5ccccc5o4)c3)CC2)CC1. The molecule has 0 saturated heterocycles. The summed E-state index contributed by atoms with van der Waals surface area (Å²) in [6.45, 7) is 4.42. The Labute approximate surface area is 334 Å². The van der Waals surface area contributed by atoms with E-state index >= 15 is 0 Å². The second-order valence-electron chi connectivity index (χ2n) is 16.9. The normalized spacial score (nSPS) is 27.9. The number of esters is 4. The predicted octanol–water partition coefficient (Wildman–Crippen LogP) is 9.30. The molecule has 306 valence electrons. The van der Waals surface area contributed by atoms with Gasteiger partial charge >= 0.3 is 23.9 Å². The number of hydrogen-bond acceptors (Lipinski definition) is 11. The van der Waals surface area contributed by atoms with Gasteiger partial charge in [0.25, 0.3) is 5.56 Å². The lowest BCUT2D eigenvalue weighted by Crippen LogP contribution is -2.32. The molecule has 0 radical (unpaired) electrons. The molecular formula is C46H57NO10. The van der Waals surface area contributed by atoms with Crippen LogP contribution in [0.1, 0.15) is 129 Å². The largest absolute Gasteiger partial charge is 0.462 e. The summed E-state index contributed by atoms with van der Waals surface area (Å²) in [5, 5.41) is 0.301. The van der Waals surface area contributed by atoms with Crippen molar-refractivity contribution in [2.45, 2.75) is 142 Å². The van der Waals surface area contributed by atoms with Crippen molar-refractivity contribution in [3.05, 3.63) is 52.8 Å². The number of carbonyl (C=O) groups is 4. The molecule has 0 atom stereocenters. The first-order valence-electron chi connectivity index (χ1n) is 21.6. The molecule has 7 rings (SSSR count). The maximum absolute atomic E-state index is 13.6. The molecule has 4 saturated carbocycles. The van der Waals surface area contributed by atoms with Crippen LogP contribution in [0.3, 0.4) is 0 Å². The molecule has 0 spiro atoms. The maximum atomic E-state index is 13.6. The molecule has 1 aromatic heterocycles. The van der Waals surface area contributed by atoms with Crippen LogP contribution in [-0.4, -0.2) is 41.1 Å². The minimum absolute atomic E-state index is 0.00790. The first kappa shape index (κ1) is 40.6. The Morgan fingerprint density at radius 3 is 1.58 bits per heavy atom. The molecule has 3 aromatic rings. The quantitative estimate of drug-likeness (QED) is 0.135. The second-order valence-corrected chi connectivity index (χ2v) is 16.9. The highest BCUT2D eigenvalue weighted by Gasteiger charge is 2.36. The van der Waals surface area contributed by atoms with Gasteiger partial charge in [-0.05, 0) is 145 Å². The van der Waals surface area contributed by atoms with Crippen molar-refractivity contribution in [2.75, 3.05) is 0 Å². The topological polar surface area (TPSA) is 148 Å². The van der Waals surface area contributed by atoms with Gasteiger partial charge in [0.15, 0.2) is 0 Å². The van der Waals surface area contributed by atoms with Crippen LogP contribution in [0.4, 0.5) is 0 Å². The molecule has 4 aliphatic carbocycles. The Hall–Kier alpha value is -4.54. The van der Waals surface area contributed by atoms with Crippen LogP contribution in [-0.2, 0) is 28.7 Å². The van der Waals surface area contributed by atoms with Crippen LogP contribution in [0, 0.1) is 35.5 Å². The van der Waals surface area contributed by atoms with Gasteiger partial charge in [0.05, 0.1) is 34.6 Å². The van der Waals surface area contributed by atoms with E-state index in [4.69, 9.17) is 23.4 Å². The van der Waals surface area contributed by atoms with E-state index in [2.05, 4.69) is 18.8 Å². The summed E-state index contributed by atoms with van der Waals surface area (Å²) >= 11 is 0. The first-order chi connectivity index (χ1) is 27.7. The van der Waals surface area contributed by atoms with Gasteiger partial charge in [-0.15, -0.1) is 0 Å². The van der Waals surface area contributed by atoms with Crippen LogP contribution < -0.4 is 15.0 Å². The van der Waals surface area contributed by atoms with E-state index < -0.39 is 29.3 Å². The minimum Gasteiger partial charge on any atom is -0.462 e. The maximum Gasteiger partial charge on any atom is 0.314 e. The van der Waals surface area contributed by atoms with Crippen molar-refractivity contribution in [2.24, 2.45) is 35.5 Å². The summed E-state index contributed by atoms with van der Waals surface area (Å²) in [4.78, 5) is 70.2. The van der Waals surface area contributed by atoms with Crippen molar-refractivity contribution in [3.63, 3.8) is 0 Å². The second kappa shape index (κ2) is 18.8. The Balaban J connectivity index is 0.980. The van der Waals surface area contributed by atoms with Gasteiger partial charge in [-0.2, -0.15) is 4.98 Å². The van der Waals surface area contributed by atoms with Gasteiger partial charge in [-0.3, -0.25) is 24.0 Å². The smallest absolute Gasteiger partial charge is 0.314 e. The van der Waals surface area contributed by atoms with Crippen LogP contribution in [0.5, 0.6) is 11.5 Å². The van der Waals surface area contributed by atoms with Gasteiger partial charge in [0, 0.05) is 0 Å². The number of nitrogens with zero attached hydrogens (tertiary/aromatic N) is 1. The minimum atomic E-state index is -0.515.